The third kappa shape index (κ3) is 2.97. The number of fused-ring (bicyclic) bond motifs is 7. The summed E-state index contributed by atoms with van der Waals surface area (Å²) >= 11 is 0. The average molecular weight is 441 g/mol. The van der Waals surface area contributed by atoms with Crippen LogP contribution < -0.4 is 0 Å². The first-order valence-electron chi connectivity index (χ1n) is 13.0. The molecule has 5 heteroatoms. The van der Waals surface area contributed by atoms with Crippen LogP contribution in [-0.4, -0.2) is 28.1 Å². The lowest BCUT2D eigenvalue weighted by Gasteiger charge is -2.58. The fourth-order valence-corrected chi connectivity index (χ4v) is 10.2. The van der Waals surface area contributed by atoms with Gasteiger partial charge in [-0.2, -0.15) is 13.2 Å². The van der Waals surface area contributed by atoms with E-state index in [-0.39, 0.29) is 24.9 Å². The molecule has 2 nitrogen and oxygen atoms in total. The molecule has 0 aromatic carbocycles. The van der Waals surface area contributed by atoms with Crippen LogP contribution in [0.15, 0.2) is 0 Å². The van der Waals surface area contributed by atoms with Crippen LogP contribution in [0.1, 0.15) is 78.1 Å². The third-order valence-corrected chi connectivity index (χ3v) is 11.6. The van der Waals surface area contributed by atoms with Crippen molar-refractivity contribution < 1.29 is 23.4 Å². The van der Waals surface area contributed by atoms with Gasteiger partial charge in [-0.1, -0.05) is 13.8 Å². The molecular formula is C26H39F3O2. The molecule has 6 fully saturated rings. The summed E-state index contributed by atoms with van der Waals surface area (Å²) in [6.07, 6.45) is 3.64. The van der Waals surface area contributed by atoms with E-state index in [0.29, 0.717) is 53.3 Å². The van der Waals surface area contributed by atoms with Crippen molar-refractivity contribution >= 4 is 0 Å². The zero-order valence-electron chi connectivity index (χ0n) is 19.0. The van der Waals surface area contributed by atoms with Crippen molar-refractivity contribution in [2.45, 2.75) is 95.9 Å². The van der Waals surface area contributed by atoms with Gasteiger partial charge in [0.05, 0.1) is 6.10 Å². The van der Waals surface area contributed by atoms with Crippen molar-refractivity contribution in [1.82, 2.24) is 0 Å². The normalized spacial score (nSPS) is 55.5. The van der Waals surface area contributed by atoms with Gasteiger partial charge in [0.15, 0.2) is 5.60 Å². The molecule has 0 amide bonds. The number of rotatable bonds is 3. The fourth-order valence-electron chi connectivity index (χ4n) is 10.2. The van der Waals surface area contributed by atoms with Crippen LogP contribution in [0.25, 0.3) is 0 Å². The summed E-state index contributed by atoms with van der Waals surface area (Å²) in [6, 6.07) is 0. The van der Waals surface area contributed by atoms with Crippen molar-refractivity contribution in [3.8, 4) is 0 Å². The van der Waals surface area contributed by atoms with Crippen LogP contribution in [0.4, 0.5) is 13.2 Å². The quantitative estimate of drug-likeness (QED) is 0.581. The van der Waals surface area contributed by atoms with Crippen molar-refractivity contribution in [1.29, 1.82) is 0 Å². The molecule has 0 radical (unpaired) electrons. The Bertz CT molecular complexity index is 735. The summed E-state index contributed by atoms with van der Waals surface area (Å²) < 4.78 is 40.4. The Kier molecular flexibility index (Phi) is 4.56. The topological polar surface area (TPSA) is 40.5 Å². The molecule has 176 valence electrons. The second-order valence-electron chi connectivity index (χ2n) is 12.9. The Morgan fingerprint density at radius 1 is 0.871 bits per heavy atom. The maximum atomic E-state index is 13.5. The maximum Gasteiger partial charge on any atom is 0.417 e. The molecular weight excluding hydrogens is 401 g/mol. The van der Waals surface area contributed by atoms with Gasteiger partial charge >= 0.3 is 6.18 Å². The lowest BCUT2D eigenvalue weighted by atomic mass is 9.47. The van der Waals surface area contributed by atoms with Crippen molar-refractivity contribution in [2.24, 2.45) is 64.6 Å². The van der Waals surface area contributed by atoms with Crippen LogP contribution in [0.2, 0.25) is 0 Å². The molecule has 0 heterocycles. The standard InChI is InChI=1S/C26H39F3O2/c1-13(23(30)14-3-4-14)21-19-11-20(19)22-18-6-5-15-12-25(31,26(27,28)29)10-8-16(15)17(18)7-9-24(21,22)2/h13-23,30-31H,3-12H2,1-2H3/t13-,15+,16-,17+,18+,19-,20+,21-,22+,23-,24+,25+/m0/s1. The predicted molar refractivity (Wildman–Crippen MR) is 112 cm³/mol. The number of alkyl halides is 3. The lowest BCUT2D eigenvalue weighted by Crippen LogP contribution is -2.55. The Morgan fingerprint density at radius 3 is 2.26 bits per heavy atom. The molecule has 0 aromatic rings. The first-order valence-corrected chi connectivity index (χ1v) is 13.0. The summed E-state index contributed by atoms with van der Waals surface area (Å²) in [5.41, 5.74) is -2.16. The number of aliphatic hydroxyl groups excluding tert-OH is 1. The third-order valence-electron chi connectivity index (χ3n) is 11.6. The van der Waals surface area contributed by atoms with Crippen LogP contribution in [0.3, 0.4) is 0 Å². The predicted octanol–water partition coefficient (Wildman–Crippen LogP) is 5.81. The van der Waals surface area contributed by atoms with Crippen molar-refractivity contribution in [3.63, 3.8) is 0 Å². The highest BCUT2D eigenvalue weighted by molar-refractivity contribution is 5.19. The van der Waals surface area contributed by atoms with Crippen LogP contribution in [0.5, 0.6) is 0 Å². The zero-order chi connectivity index (χ0) is 21.9. The van der Waals surface area contributed by atoms with Gasteiger partial charge in [-0.25, -0.2) is 0 Å². The van der Waals surface area contributed by atoms with Crippen LogP contribution >= 0.6 is 0 Å². The van der Waals surface area contributed by atoms with Crippen LogP contribution in [0, 0.1) is 64.6 Å². The van der Waals surface area contributed by atoms with Gasteiger partial charge in [-0.15, -0.1) is 0 Å². The van der Waals surface area contributed by atoms with Gasteiger partial charge in [0, 0.05) is 0 Å². The Hall–Kier alpha value is -0.290. The molecule has 0 bridgehead atoms. The van der Waals surface area contributed by atoms with Crippen molar-refractivity contribution in [3.05, 3.63) is 0 Å². The highest BCUT2D eigenvalue weighted by atomic mass is 19.4. The highest BCUT2D eigenvalue weighted by Crippen LogP contribution is 2.76. The molecule has 6 rings (SSSR count). The Balaban J connectivity index is 1.22. The number of aliphatic hydroxyl groups is 2. The minimum atomic E-state index is -4.50. The van der Waals surface area contributed by atoms with E-state index in [1.807, 2.05) is 0 Å². The molecule has 6 aliphatic rings. The molecule has 12 atom stereocenters. The minimum absolute atomic E-state index is 0.0359. The number of halogens is 3. The second-order valence-corrected chi connectivity index (χ2v) is 12.9. The number of hydrogen-bond donors (Lipinski definition) is 2. The summed E-state index contributed by atoms with van der Waals surface area (Å²) in [7, 11) is 0. The fraction of sp³-hybridized carbons (Fsp3) is 1.00. The van der Waals surface area contributed by atoms with Gasteiger partial charge < -0.3 is 10.2 Å². The molecule has 0 spiro atoms. The zero-order valence-corrected chi connectivity index (χ0v) is 19.0. The average Bonchev–Trinajstić information content (AvgIpc) is 3.62. The van der Waals surface area contributed by atoms with Crippen molar-refractivity contribution in [2.75, 3.05) is 0 Å². The molecule has 6 saturated carbocycles. The molecule has 0 unspecified atom stereocenters. The highest BCUT2D eigenvalue weighted by Gasteiger charge is 2.71. The molecule has 0 aromatic heterocycles. The summed E-state index contributed by atoms with van der Waals surface area (Å²) in [5, 5.41) is 21.3. The maximum absolute atomic E-state index is 13.5. The van der Waals surface area contributed by atoms with E-state index in [1.54, 1.807) is 0 Å². The monoisotopic (exact) mass is 440 g/mol. The first-order chi connectivity index (χ1) is 14.6. The van der Waals surface area contributed by atoms with Gasteiger partial charge in [0.2, 0.25) is 0 Å². The summed E-state index contributed by atoms with van der Waals surface area (Å²) in [5.74, 6) is 5.42. The second kappa shape index (κ2) is 6.64. The Labute approximate surface area is 184 Å². The van der Waals surface area contributed by atoms with E-state index in [1.165, 1.54) is 25.7 Å². The molecule has 2 N–H and O–H groups in total. The van der Waals surface area contributed by atoms with E-state index in [9.17, 15) is 23.4 Å². The molecule has 0 aliphatic heterocycles. The molecule has 31 heavy (non-hydrogen) atoms. The van der Waals surface area contributed by atoms with E-state index in [0.717, 1.165) is 31.1 Å². The molecule has 6 aliphatic carbocycles. The van der Waals surface area contributed by atoms with Gasteiger partial charge in [-0.05, 0) is 129 Å². The van der Waals surface area contributed by atoms with Gasteiger partial charge in [-0.3, -0.25) is 0 Å². The lowest BCUT2D eigenvalue weighted by molar-refractivity contribution is -0.282. The first kappa shape index (κ1) is 21.3. The summed E-state index contributed by atoms with van der Waals surface area (Å²) in [4.78, 5) is 0. The smallest absolute Gasteiger partial charge is 0.393 e. The molecule has 0 saturated heterocycles. The van der Waals surface area contributed by atoms with E-state index >= 15 is 0 Å². The van der Waals surface area contributed by atoms with E-state index in [2.05, 4.69) is 13.8 Å². The van der Waals surface area contributed by atoms with E-state index in [4.69, 9.17) is 0 Å². The summed E-state index contributed by atoms with van der Waals surface area (Å²) in [6.45, 7) is 4.81. The van der Waals surface area contributed by atoms with Crippen LogP contribution in [-0.2, 0) is 0 Å². The minimum Gasteiger partial charge on any atom is -0.393 e. The number of hydrogen-bond acceptors (Lipinski definition) is 2. The SMILES string of the molecule is C[C@@H]([C@H]1[C@H]2C[C@H]2[C@H]2[C@@H]3CC[C@@H]4C[C@@](O)(C(F)(F)F)CC[C@@H]4[C@H]3CC[C@@]21C)[C@H](O)C1CC1. The largest absolute Gasteiger partial charge is 0.417 e. The Morgan fingerprint density at radius 2 is 1.58 bits per heavy atom. The van der Waals surface area contributed by atoms with Gasteiger partial charge in [0.1, 0.15) is 0 Å². The van der Waals surface area contributed by atoms with E-state index < -0.39 is 11.8 Å². The van der Waals surface area contributed by atoms with Gasteiger partial charge in [0.25, 0.3) is 0 Å².